The number of carbonyl (C=O) groups excluding carboxylic acids is 1. The zero-order valence-electron chi connectivity index (χ0n) is 15.3. The number of aromatic amines is 1. The Kier molecular flexibility index (Phi) is 9.41. The summed E-state index contributed by atoms with van der Waals surface area (Å²) in [5.74, 6) is -0.453. The molecule has 1 aromatic heterocycles. The molecule has 0 unspecified atom stereocenters. The van der Waals surface area contributed by atoms with Crippen LogP contribution < -0.4 is 16.8 Å². The zero-order valence-corrected chi connectivity index (χ0v) is 16.9. The van der Waals surface area contributed by atoms with Gasteiger partial charge in [-0.1, -0.05) is 24.3 Å². The van der Waals surface area contributed by atoms with Crippen molar-refractivity contribution in [2.24, 2.45) is 11.5 Å². The van der Waals surface area contributed by atoms with Gasteiger partial charge in [0.25, 0.3) is 5.91 Å². The average Bonchev–Trinajstić information content (AvgIpc) is 3.08. The topological polar surface area (TPSA) is 96.9 Å². The highest BCUT2D eigenvalue weighted by atomic mass is 35.5. The molecule has 2 aromatic carbocycles. The second kappa shape index (κ2) is 11.0. The van der Waals surface area contributed by atoms with Crippen molar-refractivity contribution in [1.29, 1.82) is 0 Å². The third-order valence-corrected chi connectivity index (χ3v) is 4.35. The number of H-pyrrole nitrogens is 1. The maximum Gasteiger partial charge on any atom is 0.267 e. The fraction of sp³-hybridized carbons (Fsp3) is 0.250. The van der Waals surface area contributed by atoms with Crippen molar-refractivity contribution in [2.45, 2.75) is 18.9 Å². The molecule has 28 heavy (non-hydrogen) atoms. The molecule has 0 bridgehead atoms. The number of halogens is 3. The maximum atomic E-state index is 13.1. The van der Waals surface area contributed by atoms with Gasteiger partial charge in [0.2, 0.25) is 0 Å². The number of benzene rings is 2. The summed E-state index contributed by atoms with van der Waals surface area (Å²) >= 11 is 0. The van der Waals surface area contributed by atoms with Gasteiger partial charge in [-0.15, -0.1) is 24.8 Å². The summed E-state index contributed by atoms with van der Waals surface area (Å²) in [5.41, 5.74) is 14.6. The van der Waals surface area contributed by atoms with E-state index in [0.29, 0.717) is 18.8 Å². The number of carbonyl (C=O) groups is 1. The van der Waals surface area contributed by atoms with Crippen molar-refractivity contribution < 1.29 is 9.18 Å². The van der Waals surface area contributed by atoms with Gasteiger partial charge in [0.1, 0.15) is 11.5 Å². The van der Waals surface area contributed by atoms with Gasteiger partial charge >= 0.3 is 0 Å². The number of fused-ring (bicyclic) bond motifs is 1. The fourth-order valence-corrected chi connectivity index (χ4v) is 2.87. The molecule has 1 amide bonds. The van der Waals surface area contributed by atoms with Gasteiger partial charge in [0, 0.05) is 23.5 Å². The van der Waals surface area contributed by atoms with Crippen LogP contribution in [0, 0.1) is 5.82 Å². The molecule has 3 aromatic rings. The third-order valence-electron chi connectivity index (χ3n) is 4.35. The molecule has 0 spiro atoms. The zero-order chi connectivity index (χ0) is 18.5. The van der Waals surface area contributed by atoms with E-state index >= 15 is 0 Å². The summed E-state index contributed by atoms with van der Waals surface area (Å²) in [7, 11) is 0. The van der Waals surface area contributed by atoms with Gasteiger partial charge < -0.3 is 21.8 Å². The predicted octanol–water partition coefficient (Wildman–Crippen LogP) is 3.61. The molecule has 0 aliphatic heterocycles. The van der Waals surface area contributed by atoms with Crippen molar-refractivity contribution in [3.8, 4) is 11.1 Å². The van der Waals surface area contributed by atoms with E-state index < -0.39 is 0 Å². The average molecular weight is 427 g/mol. The van der Waals surface area contributed by atoms with E-state index in [9.17, 15) is 9.18 Å². The van der Waals surface area contributed by atoms with Crippen LogP contribution in [0.4, 0.5) is 4.39 Å². The molecule has 0 radical (unpaired) electrons. The van der Waals surface area contributed by atoms with Crippen LogP contribution in [0.25, 0.3) is 22.0 Å². The Morgan fingerprint density at radius 2 is 1.75 bits per heavy atom. The molecule has 8 heteroatoms. The number of rotatable bonds is 7. The van der Waals surface area contributed by atoms with Gasteiger partial charge in [-0.2, -0.15) is 0 Å². The van der Waals surface area contributed by atoms with E-state index in [4.69, 9.17) is 11.5 Å². The Morgan fingerprint density at radius 1 is 1.07 bits per heavy atom. The SMILES string of the molecule is Cl.Cl.NCCC[C@H](N)CNC(=O)c1cc2ccc(-c3ccc(F)cc3)cc2[nH]1. The Labute approximate surface area is 175 Å². The van der Waals surface area contributed by atoms with Gasteiger partial charge in [-0.3, -0.25) is 4.79 Å². The van der Waals surface area contributed by atoms with Crippen LogP contribution >= 0.6 is 24.8 Å². The van der Waals surface area contributed by atoms with Crippen LogP contribution in [-0.2, 0) is 0 Å². The Hall–Kier alpha value is -2.12. The summed E-state index contributed by atoms with van der Waals surface area (Å²) < 4.78 is 13.1. The molecule has 1 heterocycles. The normalized spacial score (nSPS) is 11.4. The largest absolute Gasteiger partial charge is 0.351 e. The summed E-state index contributed by atoms with van der Waals surface area (Å²) in [5, 5.41) is 3.78. The number of hydrogen-bond acceptors (Lipinski definition) is 3. The molecule has 1 atom stereocenters. The quantitative estimate of drug-likeness (QED) is 0.464. The Morgan fingerprint density at radius 3 is 2.43 bits per heavy atom. The highest BCUT2D eigenvalue weighted by Gasteiger charge is 2.11. The van der Waals surface area contributed by atoms with Gasteiger partial charge in [-0.05, 0) is 54.8 Å². The van der Waals surface area contributed by atoms with Crippen molar-refractivity contribution in [3.05, 3.63) is 60.0 Å². The first kappa shape index (κ1) is 23.9. The number of amides is 1. The van der Waals surface area contributed by atoms with Crippen LogP contribution in [0.2, 0.25) is 0 Å². The molecule has 0 saturated heterocycles. The molecular formula is C20H25Cl2FN4O. The Bertz CT molecular complexity index is 899. The van der Waals surface area contributed by atoms with Crippen LogP contribution in [0.15, 0.2) is 48.5 Å². The maximum absolute atomic E-state index is 13.1. The summed E-state index contributed by atoms with van der Waals surface area (Å²) in [6.07, 6.45) is 1.63. The summed E-state index contributed by atoms with van der Waals surface area (Å²) in [6.45, 7) is 1.01. The Balaban J connectivity index is 0.00000196. The van der Waals surface area contributed by atoms with Gasteiger partial charge in [0.05, 0.1) is 0 Å². The molecule has 152 valence electrons. The lowest BCUT2D eigenvalue weighted by Gasteiger charge is -2.11. The second-order valence-corrected chi connectivity index (χ2v) is 6.39. The van der Waals surface area contributed by atoms with Crippen molar-refractivity contribution in [3.63, 3.8) is 0 Å². The highest BCUT2D eigenvalue weighted by molar-refractivity contribution is 5.98. The first-order chi connectivity index (χ1) is 12.6. The molecule has 5 nitrogen and oxygen atoms in total. The first-order valence-electron chi connectivity index (χ1n) is 8.69. The lowest BCUT2D eigenvalue weighted by Crippen LogP contribution is -2.37. The number of nitrogens with one attached hydrogen (secondary N) is 2. The van der Waals surface area contributed by atoms with E-state index in [-0.39, 0.29) is 42.6 Å². The van der Waals surface area contributed by atoms with Crippen molar-refractivity contribution in [1.82, 2.24) is 10.3 Å². The minimum Gasteiger partial charge on any atom is -0.351 e. The molecule has 0 saturated carbocycles. The lowest BCUT2D eigenvalue weighted by atomic mass is 10.0. The first-order valence-corrected chi connectivity index (χ1v) is 8.69. The number of hydrogen-bond donors (Lipinski definition) is 4. The molecule has 3 rings (SSSR count). The summed E-state index contributed by atoms with van der Waals surface area (Å²) in [4.78, 5) is 15.5. The minimum atomic E-state index is -0.265. The fourth-order valence-electron chi connectivity index (χ4n) is 2.87. The van der Waals surface area contributed by atoms with Crippen LogP contribution in [-0.4, -0.2) is 30.0 Å². The smallest absolute Gasteiger partial charge is 0.267 e. The van der Waals surface area contributed by atoms with Gasteiger partial charge in [-0.25, -0.2) is 4.39 Å². The van der Waals surface area contributed by atoms with Crippen molar-refractivity contribution >= 4 is 41.6 Å². The third kappa shape index (κ3) is 5.94. The van der Waals surface area contributed by atoms with Crippen LogP contribution in [0.1, 0.15) is 23.3 Å². The van der Waals surface area contributed by atoms with E-state index in [0.717, 1.165) is 34.9 Å². The number of nitrogens with two attached hydrogens (primary N) is 2. The van der Waals surface area contributed by atoms with E-state index in [1.54, 1.807) is 12.1 Å². The van der Waals surface area contributed by atoms with Crippen molar-refractivity contribution in [2.75, 3.05) is 13.1 Å². The standard InChI is InChI=1S/C20H23FN4O.2ClH/c21-16-7-5-13(6-8-16)14-3-4-15-11-19(25-18(15)10-14)20(26)24-12-17(23)2-1-9-22;;/h3-8,10-11,17,25H,1-2,9,12,22-23H2,(H,24,26);2*1H/t17-;;/m0../s1. The lowest BCUT2D eigenvalue weighted by molar-refractivity contribution is 0.0946. The van der Waals surface area contributed by atoms with Crippen LogP contribution in [0.3, 0.4) is 0 Å². The van der Waals surface area contributed by atoms with E-state index in [2.05, 4.69) is 10.3 Å². The van der Waals surface area contributed by atoms with Gasteiger partial charge in [0.15, 0.2) is 0 Å². The van der Waals surface area contributed by atoms with E-state index in [1.807, 2.05) is 24.3 Å². The molecule has 0 fully saturated rings. The second-order valence-electron chi connectivity index (χ2n) is 6.39. The molecule has 6 N–H and O–H groups in total. The molecule has 0 aliphatic carbocycles. The molecular weight excluding hydrogens is 402 g/mol. The highest BCUT2D eigenvalue weighted by Crippen LogP contribution is 2.25. The minimum absolute atomic E-state index is 0. The molecule has 0 aliphatic rings. The number of aromatic nitrogens is 1. The van der Waals surface area contributed by atoms with E-state index in [1.165, 1.54) is 12.1 Å². The monoisotopic (exact) mass is 426 g/mol. The predicted molar refractivity (Wildman–Crippen MR) is 117 cm³/mol. The summed E-state index contributed by atoms with van der Waals surface area (Å²) in [6, 6.07) is 13.9. The van der Waals surface area contributed by atoms with Crippen LogP contribution in [0.5, 0.6) is 0 Å².